The van der Waals surface area contributed by atoms with E-state index in [0.717, 1.165) is 0 Å². The van der Waals surface area contributed by atoms with Crippen molar-refractivity contribution < 1.29 is 14.7 Å². The Morgan fingerprint density at radius 1 is 1.43 bits per heavy atom. The Bertz CT molecular complexity index is 684. The van der Waals surface area contributed by atoms with E-state index in [0.29, 0.717) is 17.6 Å². The Balaban J connectivity index is 2.25. The average molecular weight is 353 g/mol. The highest BCUT2D eigenvalue weighted by Crippen LogP contribution is 2.27. The Morgan fingerprint density at radius 2 is 2.19 bits per heavy atom. The molecule has 0 saturated heterocycles. The number of carbonyl (C=O) groups is 2. The minimum atomic E-state index is -1.12. The molecule has 0 spiro atoms. The number of imidazole rings is 1. The number of para-hydroxylation sites is 1. The summed E-state index contributed by atoms with van der Waals surface area (Å²) in [5.41, 5.74) is 5.81. The molecule has 2 rings (SSSR count). The molecule has 21 heavy (non-hydrogen) atoms. The number of anilines is 1. The minimum absolute atomic E-state index is 0.000819. The van der Waals surface area contributed by atoms with Gasteiger partial charge in [-0.15, -0.1) is 0 Å². The molecule has 1 heterocycles. The van der Waals surface area contributed by atoms with Crippen molar-refractivity contribution in [3.05, 3.63) is 46.5 Å². The number of hydrogen-bond acceptors (Lipinski definition) is 4. The minimum Gasteiger partial charge on any atom is -0.478 e. The molecule has 110 valence electrons. The van der Waals surface area contributed by atoms with Crippen molar-refractivity contribution >= 4 is 33.5 Å². The number of aromatic carboxylic acids is 1. The molecule has 0 aliphatic heterocycles. The second kappa shape index (κ2) is 6.51. The molecule has 0 aliphatic carbocycles. The molecule has 4 N–H and O–H groups in total. The van der Waals surface area contributed by atoms with Crippen molar-refractivity contribution in [3.8, 4) is 0 Å². The van der Waals surface area contributed by atoms with Crippen LogP contribution in [0.4, 0.5) is 5.69 Å². The second-order valence-electron chi connectivity index (χ2n) is 4.21. The molecule has 0 bridgehead atoms. The van der Waals surface area contributed by atoms with Gasteiger partial charge in [0.2, 0.25) is 0 Å². The van der Waals surface area contributed by atoms with E-state index in [1.54, 1.807) is 22.9 Å². The number of nitrogens with one attached hydrogen (secondary N) is 1. The molecule has 2 aromatic rings. The van der Waals surface area contributed by atoms with Crippen molar-refractivity contribution in [2.75, 3.05) is 11.9 Å². The van der Waals surface area contributed by atoms with Gasteiger partial charge >= 0.3 is 5.97 Å². The number of halogens is 1. The van der Waals surface area contributed by atoms with Gasteiger partial charge in [0, 0.05) is 23.8 Å². The number of benzene rings is 1. The summed E-state index contributed by atoms with van der Waals surface area (Å²) in [6, 6.07) is 4.64. The molecule has 0 unspecified atom stereocenters. The third-order valence-electron chi connectivity index (χ3n) is 2.74. The van der Waals surface area contributed by atoms with Gasteiger partial charge in [0.05, 0.1) is 17.6 Å². The highest BCUT2D eigenvalue weighted by Gasteiger charge is 2.17. The fourth-order valence-electron chi connectivity index (χ4n) is 1.76. The topological polar surface area (TPSA) is 110 Å². The first-order valence-corrected chi connectivity index (χ1v) is 6.87. The lowest BCUT2D eigenvalue weighted by Gasteiger charge is -2.09. The van der Waals surface area contributed by atoms with Gasteiger partial charge in [0.25, 0.3) is 5.91 Å². The van der Waals surface area contributed by atoms with E-state index in [-0.39, 0.29) is 16.9 Å². The van der Waals surface area contributed by atoms with Gasteiger partial charge in [-0.1, -0.05) is 6.07 Å². The Morgan fingerprint density at radius 3 is 2.86 bits per heavy atom. The van der Waals surface area contributed by atoms with Crippen LogP contribution >= 0.6 is 15.9 Å². The van der Waals surface area contributed by atoms with Crippen LogP contribution in [0.3, 0.4) is 0 Å². The summed E-state index contributed by atoms with van der Waals surface area (Å²) in [5.74, 6) is -1.61. The van der Waals surface area contributed by atoms with Crippen LogP contribution in [0.1, 0.15) is 20.8 Å². The third-order valence-corrected chi connectivity index (χ3v) is 3.40. The molecule has 1 aromatic heterocycles. The number of nitrogens with zero attached hydrogens (tertiary/aromatic N) is 2. The first-order valence-electron chi connectivity index (χ1n) is 6.08. The van der Waals surface area contributed by atoms with Crippen LogP contribution in [0, 0.1) is 0 Å². The molecule has 0 saturated carbocycles. The zero-order chi connectivity index (χ0) is 15.4. The fraction of sp³-hybridized carbons (Fsp3) is 0.154. The largest absolute Gasteiger partial charge is 0.478 e. The van der Waals surface area contributed by atoms with Crippen molar-refractivity contribution in [1.29, 1.82) is 0 Å². The highest BCUT2D eigenvalue weighted by molar-refractivity contribution is 9.10. The van der Waals surface area contributed by atoms with Gasteiger partial charge in [-0.2, -0.15) is 0 Å². The van der Waals surface area contributed by atoms with Gasteiger partial charge in [-0.25, -0.2) is 9.78 Å². The maximum absolute atomic E-state index is 12.1. The van der Waals surface area contributed by atoms with E-state index in [2.05, 4.69) is 26.2 Å². The molecule has 8 heteroatoms. The lowest BCUT2D eigenvalue weighted by Crippen LogP contribution is -2.16. The highest BCUT2D eigenvalue weighted by atomic mass is 79.9. The summed E-state index contributed by atoms with van der Waals surface area (Å²) in [4.78, 5) is 27.3. The molecule has 0 atom stereocenters. The van der Waals surface area contributed by atoms with Crippen LogP contribution < -0.4 is 11.1 Å². The predicted octanol–water partition coefficient (Wildman–Crippen LogP) is 1.55. The van der Waals surface area contributed by atoms with E-state index in [1.165, 1.54) is 12.4 Å². The molecule has 0 aliphatic rings. The molecule has 1 amide bonds. The lowest BCUT2D eigenvalue weighted by atomic mass is 10.2. The maximum Gasteiger partial charge on any atom is 0.337 e. The van der Waals surface area contributed by atoms with Gasteiger partial charge < -0.3 is 20.7 Å². The van der Waals surface area contributed by atoms with Gasteiger partial charge in [0.15, 0.2) is 0 Å². The summed E-state index contributed by atoms with van der Waals surface area (Å²) in [5, 5.41) is 11.7. The van der Waals surface area contributed by atoms with Gasteiger partial charge in [0.1, 0.15) is 5.69 Å². The molecule has 0 fully saturated rings. The number of aromatic nitrogens is 2. The lowest BCUT2D eigenvalue weighted by molar-refractivity contribution is 0.0698. The number of carboxylic acid groups (broad SMARTS) is 1. The molecular weight excluding hydrogens is 340 g/mol. The van der Waals surface area contributed by atoms with Gasteiger partial charge in [-0.05, 0) is 28.1 Å². The molecule has 7 nitrogen and oxygen atoms in total. The van der Waals surface area contributed by atoms with E-state index in [9.17, 15) is 9.59 Å². The van der Waals surface area contributed by atoms with Gasteiger partial charge in [-0.3, -0.25) is 4.79 Å². The average Bonchev–Trinajstić information content (AvgIpc) is 2.90. The zero-order valence-electron chi connectivity index (χ0n) is 10.9. The number of hydrogen-bond donors (Lipinski definition) is 3. The summed E-state index contributed by atoms with van der Waals surface area (Å²) < 4.78 is 2.17. The standard InChI is InChI=1S/C13H13BrN4O3/c14-9-3-1-2-8(13(20)21)11(9)17-12(19)10-6-18(5-4-15)7-16-10/h1-3,6-7H,4-5,15H2,(H,17,19)(H,20,21). The Kier molecular flexibility index (Phi) is 4.71. The zero-order valence-corrected chi connectivity index (χ0v) is 12.5. The fourth-order valence-corrected chi connectivity index (χ4v) is 2.22. The summed E-state index contributed by atoms with van der Waals surface area (Å²) in [6.45, 7) is 0.987. The van der Waals surface area contributed by atoms with Crippen LogP contribution in [0.15, 0.2) is 35.2 Å². The van der Waals surface area contributed by atoms with Crippen molar-refractivity contribution in [2.45, 2.75) is 6.54 Å². The SMILES string of the molecule is NCCn1cnc(C(=O)Nc2c(Br)cccc2C(=O)O)c1. The van der Waals surface area contributed by atoms with Crippen LogP contribution in [0.25, 0.3) is 0 Å². The summed E-state index contributed by atoms with van der Waals surface area (Å²) in [7, 11) is 0. The maximum atomic E-state index is 12.1. The smallest absolute Gasteiger partial charge is 0.337 e. The predicted molar refractivity (Wildman–Crippen MR) is 80.3 cm³/mol. The molecule has 0 radical (unpaired) electrons. The van der Waals surface area contributed by atoms with Crippen molar-refractivity contribution in [2.24, 2.45) is 5.73 Å². The van der Waals surface area contributed by atoms with Crippen LogP contribution in [0.5, 0.6) is 0 Å². The monoisotopic (exact) mass is 352 g/mol. The van der Waals surface area contributed by atoms with Crippen LogP contribution in [0.2, 0.25) is 0 Å². The quantitative estimate of drug-likeness (QED) is 0.756. The second-order valence-corrected chi connectivity index (χ2v) is 5.06. The molecular formula is C13H13BrN4O3. The Labute approximate surface area is 128 Å². The Hall–Kier alpha value is -2.19. The number of amides is 1. The van der Waals surface area contributed by atoms with E-state index >= 15 is 0 Å². The van der Waals surface area contributed by atoms with Crippen LogP contribution in [-0.2, 0) is 6.54 Å². The third kappa shape index (κ3) is 3.47. The first-order chi connectivity index (χ1) is 10.0. The summed E-state index contributed by atoms with van der Waals surface area (Å²) >= 11 is 3.23. The van der Waals surface area contributed by atoms with E-state index in [4.69, 9.17) is 10.8 Å². The normalized spacial score (nSPS) is 10.4. The van der Waals surface area contributed by atoms with E-state index < -0.39 is 11.9 Å². The number of carboxylic acids is 1. The van der Waals surface area contributed by atoms with Crippen molar-refractivity contribution in [1.82, 2.24) is 9.55 Å². The van der Waals surface area contributed by atoms with E-state index in [1.807, 2.05) is 0 Å². The molecule has 1 aromatic carbocycles. The van der Waals surface area contributed by atoms with Crippen LogP contribution in [-0.4, -0.2) is 33.1 Å². The summed E-state index contributed by atoms with van der Waals surface area (Å²) in [6.07, 6.45) is 3.05. The van der Waals surface area contributed by atoms with Crippen molar-refractivity contribution in [3.63, 3.8) is 0 Å². The number of carbonyl (C=O) groups excluding carboxylic acids is 1. The number of rotatable bonds is 5. The first kappa shape index (κ1) is 15.2. The number of nitrogens with two attached hydrogens (primary N) is 1.